The quantitative estimate of drug-likeness (QED) is 0.510. The normalized spacial score (nSPS) is 16.8. The van der Waals surface area contributed by atoms with Crippen molar-refractivity contribution in [3.63, 3.8) is 0 Å². The average Bonchev–Trinajstić information content (AvgIpc) is 3.24. The molecule has 2 heterocycles. The van der Waals surface area contributed by atoms with Crippen molar-refractivity contribution < 1.29 is 14.6 Å². The Labute approximate surface area is 194 Å². The summed E-state index contributed by atoms with van der Waals surface area (Å²) in [6, 6.07) is 11.8. The fraction of sp³-hybridized carbons (Fsp3) is 0.577. The molecule has 1 amide bonds. The van der Waals surface area contributed by atoms with E-state index in [0.29, 0.717) is 42.6 Å². The van der Waals surface area contributed by atoms with Crippen molar-refractivity contribution in [2.24, 2.45) is 0 Å². The van der Waals surface area contributed by atoms with Gasteiger partial charge in [-0.25, -0.2) is 4.79 Å². The SMILES string of the molecule is CC(C)[Si](C(C)C)(C(C)C)n1ccc(C2(O)CCN(C(=O)OCc3ccccc3)CC2)c1. The molecule has 0 saturated carbocycles. The number of piperidine rings is 1. The molecule has 1 aromatic heterocycles. The first kappa shape index (κ1) is 24.6. The molecular formula is C26H40N2O3Si. The second kappa shape index (κ2) is 9.83. The van der Waals surface area contributed by atoms with E-state index >= 15 is 0 Å². The lowest BCUT2D eigenvalue weighted by Crippen LogP contribution is -2.51. The number of nitrogens with zero attached hydrogens (tertiary/aromatic N) is 2. The van der Waals surface area contributed by atoms with Gasteiger partial charge in [0.25, 0.3) is 0 Å². The number of carbonyl (C=O) groups excluding carboxylic acids is 1. The van der Waals surface area contributed by atoms with Crippen molar-refractivity contribution in [2.45, 2.75) is 83.2 Å². The van der Waals surface area contributed by atoms with Crippen molar-refractivity contribution in [1.82, 2.24) is 9.13 Å². The molecule has 3 rings (SSSR count). The maximum absolute atomic E-state index is 12.5. The Morgan fingerprint density at radius 2 is 1.56 bits per heavy atom. The minimum atomic E-state index is -1.83. The molecule has 0 atom stereocenters. The van der Waals surface area contributed by atoms with Crippen LogP contribution < -0.4 is 0 Å². The van der Waals surface area contributed by atoms with Crippen LogP contribution in [0.1, 0.15) is 65.5 Å². The van der Waals surface area contributed by atoms with Gasteiger partial charge in [-0.2, -0.15) is 0 Å². The average molecular weight is 457 g/mol. The zero-order chi connectivity index (χ0) is 23.5. The molecule has 32 heavy (non-hydrogen) atoms. The van der Waals surface area contributed by atoms with Gasteiger partial charge < -0.3 is 19.0 Å². The van der Waals surface area contributed by atoms with Crippen LogP contribution in [0.3, 0.4) is 0 Å². The third kappa shape index (κ3) is 4.67. The summed E-state index contributed by atoms with van der Waals surface area (Å²) in [4.78, 5) is 14.2. The molecule has 1 aliphatic heterocycles. The molecule has 1 fully saturated rings. The van der Waals surface area contributed by atoms with Crippen molar-refractivity contribution in [2.75, 3.05) is 13.1 Å². The van der Waals surface area contributed by atoms with E-state index in [0.717, 1.165) is 11.1 Å². The first-order valence-corrected chi connectivity index (χ1v) is 14.2. The van der Waals surface area contributed by atoms with Gasteiger partial charge in [-0.15, -0.1) is 0 Å². The van der Waals surface area contributed by atoms with Crippen LogP contribution in [0.5, 0.6) is 0 Å². The molecule has 0 unspecified atom stereocenters. The van der Waals surface area contributed by atoms with Crippen molar-refractivity contribution in [3.8, 4) is 0 Å². The third-order valence-electron chi connectivity index (χ3n) is 7.51. The fourth-order valence-corrected chi connectivity index (χ4v) is 12.4. The number of hydrogen-bond acceptors (Lipinski definition) is 3. The van der Waals surface area contributed by atoms with Gasteiger partial charge in [0.05, 0.1) is 5.60 Å². The number of aromatic nitrogens is 1. The van der Waals surface area contributed by atoms with Crippen LogP contribution in [0.25, 0.3) is 0 Å². The summed E-state index contributed by atoms with van der Waals surface area (Å²) in [5.74, 6) is 0. The number of ether oxygens (including phenoxy) is 1. The summed E-state index contributed by atoms with van der Waals surface area (Å²) >= 11 is 0. The lowest BCUT2D eigenvalue weighted by atomic mass is 9.86. The Hall–Kier alpha value is -2.05. The number of aliphatic hydroxyl groups is 1. The molecule has 2 aromatic rings. The number of carbonyl (C=O) groups is 1. The highest BCUT2D eigenvalue weighted by Crippen LogP contribution is 2.44. The summed E-state index contributed by atoms with van der Waals surface area (Å²) in [5.41, 5.74) is 2.85. The Balaban J connectivity index is 1.68. The summed E-state index contributed by atoms with van der Waals surface area (Å²) < 4.78 is 7.95. The largest absolute Gasteiger partial charge is 0.445 e. The monoisotopic (exact) mass is 456 g/mol. The standard InChI is InChI=1S/C26H40N2O3Si/c1-20(2)32(21(3)4,22(5)6)28-15-12-24(18-28)26(30)13-16-27(17-14-26)25(29)31-19-23-10-8-7-9-11-23/h7-12,15,18,20-22,30H,13-14,16-17,19H2,1-6H3. The van der Waals surface area contributed by atoms with E-state index in [2.05, 4.69) is 64.2 Å². The van der Waals surface area contributed by atoms with Gasteiger partial charge in [-0.1, -0.05) is 71.9 Å². The van der Waals surface area contributed by atoms with Gasteiger partial charge >= 0.3 is 6.09 Å². The van der Waals surface area contributed by atoms with E-state index in [1.807, 2.05) is 30.3 Å². The van der Waals surface area contributed by atoms with Crippen LogP contribution in [0.15, 0.2) is 48.8 Å². The summed E-state index contributed by atoms with van der Waals surface area (Å²) in [5, 5.41) is 11.5. The van der Waals surface area contributed by atoms with E-state index < -0.39 is 13.8 Å². The Morgan fingerprint density at radius 1 is 1.00 bits per heavy atom. The fourth-order valence-electron chi connectivity index (χ4n) is 5.97. The second-order valence-electron chi connectivity index (χ2n) is 10.2. The minimum Gasteiger partial charge on any atom is -0.445 e. The zero-order valence-electron chi connectivity index (χ0n) is 20.5. The number of hydrogen-bond donors (Lipinski definition) is 1. The highest BCUT2D eigenvalue weighted by atomic mass is 28.3. The Kier molecular flexibility index (Phi) is 7.56. The smallest absolute Gasteiger partial charge is 0.410 e. The Bertz CT molecular complexity index is 862. The molecule has 1 aliphatic rings. The number of amides is 1. The lowest BCUT2D eigenvalue weighted by molar-refractivity contribution is -0.0254. The number of rotatable bonds is 7. The molecule has 0 spiro atoms. The molecule has 5 nitrogen and oxygen atoms in total. The molecule has 6 heteroatoms. The van der Waals surface area contributed by atoms with Crippen LogP contribution >= 0.6 is 0 Å². The molecular weight excluding hydrogens is 416 g/mol. The third-order valence-corrected chi connectivity index (χ3v) is 14.2. The van der Waals surface area contributed by atoms with Crippen LogP contribution in [0.4, 0.5) is 4.79 Å². The van der Waals surface area contributed by atoms with Crippen LogP contribution in [-0.4, -0.2) is 41.7 Å². The number of benzene rings is 1. The molecule has 176 valence electrons. The maximum atomic E-state index is 12.5. The molecule has 0 radical (unpaired) electrons. The van der Waals surface area contributed by atoms with Crippen LogP contribution in [0, 0.1) is 0 Å². The molecule has 0 bridgehead atoms. The highest BCUT2D eigenvalue weighted by Gasteiger charge is 2.46. The van der Waals surface area contributed by atoms with Gasteiger partial charge in [0, 0.05) is 24.8 Å². The Morgan fingerprint density at radius 3 is 2.09 bits per heavy atom. The van der Waals surface area contributed by atoms with Crippen molar-refractivity contribution in [3.05, 3.63) is 59.9 Å². The molecule has 1 N–H and O–H groups in total. The van der Waals surface area contributed by atoms with Gasteiger partial charge in [0.15, 0.2) is 8.24 Å². The highest BCUT2D eigenvalue weighted by molar-refractivity contribution is 6.82. The molecule has 1 aromatic carbocycles. The molecule has 0 aliphatic carbocycles. The number of likely N-dealkylation sites (tertiary alicyclic amines) is 1. The van der Waals surface area contributed by atoms with E-state index in [-0.39, 0.29) is 12.7 Å². The maximum Gasteiger partial charge on any atom is 0.410 e. The van der Waals surface area contributed by atoms with Crippen LogP contribution in [0.2, 0.25) is 16.6 Å². The van der Waals surface area contributed by atoms with E-state index in [4.69, 9.17) is 4.74 Å². The summed E-state index contributed by atoms with van der Waals surface area (Å²) in [6.07, 6.45) is 5.14. The lowest BCUT2D eigenvalue weighted by Gasteiger charge is -2.44. The second-order valence-corrected chi connectivity index (χ2v) is 16.0. The first-order chi connectivity index (χ1) is 15.1. The predicted octanol–water partition coefficient (Wildman–Crippen LogP) is 6.13. The zero-order valence-corrected chi connectivity index (χ0v) is 21.5. The van der Waals surface area contributed by atoms with E-state index in [1.165, 1.54) is 0 Å². The van der Waals surface area contributed by atoms with E-state index in [1.54, 1.807) is 4.90 Å². The van der Waals surface area contributed by atoms with Crippen molar-refractivity contribution in [1.29, 1.82) is 0 Å². The summed E-state index contributed by atoms with van der Waals surface area (Å²) in [6.45, 7) is 15.4. The topological polar surface area (TPSA) is 54.7 Å². The van der Waals surface area contributed by atoms with E-state index in [9.17, 15) is 9.90 Å². The first-order valence-electron chi connectivity index (χ1n) is 12.0. The minimum absolute atomic E-state index is 0.273. The van der Waals surface area contributed by atoms with Crippen molar-refractivity contribution >= 4 is 14.3 Å². The van der Waals surface area contributed by atoms with Gasteiger partial charge in [0.1, 0.15) is 6.61 Å². The van der Waals surface area contributed by atoms with Crippen LogP contribution in [-0.2, 0) is 16.9 Å². The van der Waals surface area contributed by atoms with Gasteiger partial charge in [-0.3, -0.25) is 0 Å². The van der Waals surface area contributed by atoms with Gasteiger partial charge in [-0.05, 0) is 47.3 Å². The van der Waals surface area contributed by atoms with Gasteiger partial charge in [0.2, 0.25) is 0 Å². The molecule has 1 saturated heterocycles. The predicted molar refractivity (Wildman–Crippen MR) is 132 cm³/mol. The summed E-state index contributed by atoms with van der Waals surface area (Å²) in [7, 11) is -1.83.